The summed E-state index contributed by atoms with van der Waals surface area (Å²) in [5, 5.41) is 3.82. The highest BCUT2D eigenvalue weighted by Crippen LogP contribution is 2.10. The van der Waals surface area contributed by atoms with E-state index < -0.39 is 5.69 Å². The van der Waals surface area contributed by atoms with Gasteiger partial charge in [0, 0.05) is 18.1 Å². The average Bonchev–Trinajstić information content (AvgIpc) is 2.65. The number of carbonyl (C=O) groups excluding carboxylic acids is 1. The van der Waals surface area contributed by atoms with E-state index in [-0.39, 0.29) is 24.6 Å². The molecule has 0 saturated carbocycles. The van der Waals surface area contributed by atoms with Crippen molar-refractivity contribution >= 4 is 28.4 Å². The molecule has 26 heavy (non-hydrogen) atoms. The molecule has 0 aliphatic heterocycles. The van der Waals surface area contributed by atoms with E-state index in [0.29, 0.717) is 22.5 Å². The van der Waals surface area contributed by atoms with E-state index in [4.69, 9.17) is 11.6 Å². The van der Waals surface area contributed by atoms with E-state index >= 15 is 0 Å². The molecule has 6 nitrogen and oxygen atoms in total. The van der Waals surface area contributed by atoms with E-state index in [9.17, 15) is 14.4 Å². The number of aromatic nitrogens is 2. The molecule has 134 valence electrons. The lowest BCUT2D eigenvalue weighted by Gasteiger charge is -2.13. The number of nitrogens with one attached hydrogen (secondary N) is 1. The lowest BCUT2D eigenvalue weighted by atomic mass is 10.2. The first-order chi connectivity index (χ1) is 12.5. The molecule has 3 aromatic rings. The molecule has 7 heteroatoms. The number of hydrogen-bond donors (Lipinski definition) is 1. The van der Waals surface area contributed by atoms with Crippen LogP contribution in [0.15, 0.2) is 58.1 Å². The molecule has 0 saturated heterocycles. The van der Waals surface area contributed by atoms with Gasteiger partial charge in [-0.1, -0.05) is 35.9 Å². The second-order valence-electron chi connectivity index (χ2n) is 5.84. The largest absolute Gasteiger partial charge is 0.350 e. The van der Waals surface area contributed by atoms with Crippen molar-refractivity contribution in [2.75, 3.05) is 0 Å². The van der Waals surface area contributed by atoms with Gasteiger partial charge in [0.25, 0.3) is 5.56 Å². The minimum absolute atomic E-state index is 0.160. The first-order valence-electron chi connectivity index (χ1n) is 8.24. The molecular weight excluding hydrogens is 354 g/mol. The van der Waals surface area contributed by atoms with Crippen LogP contribution in [0.3, 0.4) is 0 Å². The van der Waals surface area contributed by atoms with Crippen LogP contribution in [-0.4, -0.2) is 15.0 Å². The maximum absolute atomic E-state index is 12.6. The number of halogens is 1. The van der Waals surface area contributed by atoms with Crippen molar-refractivity contribution in [3.63, 3.8) is 0 Å². The molecule has 0 aliphatic carbocycles. The fourth-order valence-electron chi connectivity index (χ4n) is 2.80. The van der Waals surface area contributed by atoms with Crippen molar-refractivity contribution in [2.45, 2.75) is 26.6 Å². The summed E-state index contributed by atoms with van der Waals surface area (Å²) in [6.07, 6.45) is 0. The maximum atomic E-state index is 12.6. The molecule has 0 atom stereocenters. The Labute approximate surface area is 154 Å². The first-order valence-corrected chi connectivity index (χ1v) is 8.62. The van der Waals surface area contributed by atoms with Gasteiger partial charge < -0.3 is 5.32 Å². The fourth-order valence-corrected chi connectivity index (χ4v) is 2.93. The first kappa shape index (κ1) is 17.9. The summed E-state index contributed by atoms with van der Waals surface area (Å²) in [6, 6.07) is 13.9. The second-order valence-corrected chi connectivity index (χ2v) is 6.27. The molecular formula is C19H18ClN3O3. The van der Waals surface area contributed by atoms with Crippen molar-refractivity contribution in [1.82, 2.24) is 14.5 Å². The Morgan fingerprint density at radius 2 is 1.73 bits per heavy atom. The van der Waals surface area contributed by atoms with Crippen molar-refractivity contribution in [2.24, 2.45) is 0 Å². The highest BCUT2D eigenvalue weighted by Gasteiger charge is 2.14. The molecule has 1 N–H and O–H groups in total. The molecule has 3 rings (SSSR count). The Morgan fingerprint density at radius 1 is 1.04 bits per heavy atom. The SMILES string of the molecule is CCn1c(=O)c2ccccc2n(CC(=O)NCc2ccc(Cl)cc2)c1=O. The number of hydrogen-bond acceptors (Lipinski definition) is 3. The zero-order valence-electron chi connectivity index (χ0n) is 14.2. The van der Waals surface area contributed by atoms with Gasteiger partial charge in [0.1, 0.15) is 6.54 Å². The molecule has 2 aromatic carbocycles. The summed E-state index contributed by atoms with van der Waals surface area (Å²) in [4.78, 5) is 37.4. The van der Waals surface area contributed by atoms with Crippen molar-refractivity contribution in [3.8, 4) is 0 Å². The molecule has 0 bridgehead atoms. The third kappa shape index (κ3) is 3.55. The van der Waals surface area contributed by atoms with Crippen molar-refractivity contribution in [1.29, 1.82) is 0 Å². The van der Waals surface area contributed by atoms with Crippen LogP contribution in [0.25, 0.3) is 10.9 Å². The normalized spacial score (nSPS) is 10.8. The highest BCUT2D eigenvalue weighted by atomic mass is 35.5. The van der Waals surface area contributed by atoms with Crippen LogP contribution in [0, 0.1) is 0 Å². The zero-order chi connectivity index (χ0) is 18.7. The van der Waals surface area contributed by atoms with E-state index in [1.54, 1.807) is 43.3 Å². The van der Waals surface area contributed by atoms with Gasteiger partial charge in [0.15, 0.2) is 0 Å². The Bertz CT molecular complexity index is 1070. The quantitative estimate of drug-likeness (QED) is 0.747. The summed E-state index contributed by atoms with van der Waals surface area (Å²) >= 11 is 5.84. The van der Waals surface area contributed by atoms with Crippen LogP contribution in [-0.2, 0) is 24.4 Å². The number of benzene rings is 2. The molecule has 0 spiro atoms. The predicted molar refractivity (Wildman–Crippen MR) is 101 cm³/mol. The Kier molecular flexibility index (Phi) is 5.23. The van der Waals surface area contributed by atoms with Gasteiger partial charge in [-0.25, -0.2) is 4.79 Å². The number of fused-ring (bicyclic) bond motifs is 1. The molecule has 0 radical (unpaired) electrons. The number of nitrogens with zero attached hydrogens (tertiary/aromatic N) is 2. The van der Waals surface area contributed by atoms with Crippen LogP contribution in [0.1, 0.15) is 12.5 Å². The molecule has 1 amide bonds. The van der Waals surface area contributed by atoms with Crippen LogP contribution >= 0.6 is 11.6 Å². The fraction of sp³-hybridized carbons (Fsp3) is 0.211. The Morgan fingerprint density at radius 3 is 2.42 bits per heavy atom. The van der Waals surface area contributed by atoms with Gasteiger partial charge in [-0.3, -0.25) is 18.7 Å². The molecule has 1 heterocycles. The Hall–Kier alpha value is -2.86. The summed E-state index contributed by atoms with van der Waals surface area (Å²) in [6.45, 7) is 2.14. The number of carbonyl (C=O) groups is 1. The third-order valence-electron chi connectivity index (χ3n) is 4.15. The highest BCUT2D eigenvalue weighted by molar-refractivity contribution is 6.30. The average molecular weight is 372 g/mol. The van der Waals surface area contributed by atoms with Gasteiger partial charge >= 0.3 is 5.69 Å². The number of rotatable bonds is 5. The van der Waals surface area contributed by atoms with Crippen molar-refractivity contribution in [3.05, 3.63) is 80.0 Å². The lowest BCUT2D eigenvalue weighted by Crippen LogP contribution is -2.42. The molecule has 0 unspecified atom stereocenters. The summed E-state index contributed by atoms with van der Waals surface area (Å²) in [5.41, 5.74) is 0.524. The predicted octanol–water partition coefficient (Wildman–Crippen LogP) is 2.15. The lowest BCUT2D eigenvalue weighted by molar-refractivity contribution is -0.121. The summed E-state index contributed by atoms with van der Waals surface area (Å²) in [7, 11) is 0. The summed E-state index contributed by atoms with van der Waals surface area (Å²) in [5.74, 6) is -0.312. The van der Waals surface area contributed by atoms with Crippen molar-refractivity contribution < 1.29 is 4.79 Å². The smallest absolute Gasteiger partial charge is 0.331 e. The third-order valence-corrected chi connectivity index (χ3v) is 4.41. The van der Waals surface area contributed by atoms with Gasteiger partial charge in [-0.15, -0.1) is 0 Å². The van der Waals surface area contributed by atoms with Crippen LogP contribution in [0.2, 0.25) is 5.02 Å². The maximum Gasteiger partial charge on any atom is 0.331 e. The standard InChI is InChI=1S/C19H18ClN3O3/c1-2-22-18(25)15-5-3-4-6-16(15)23(19(22)26)12-17(24)21-11-13-7-9-14(20)10-8-13/h3-10H,2,11-12H2,1H3,(H,21,24). The van der Waals surface area contributed by atoms with Gasteiger partial charge in [-0.05, 0) is 36.8 Å². The van der Waals surface area contributed by atoms with E-state index in [1.165, 1.54) is 4.57 Å². The minimum Gasteiger partial charge on any atom is -0.350 e. The summed E-state index contributed by atoms with van der Waals surface area (Å²) < 4.78 is 2.46. The molecule has 1 aromatic heterocycles. The number of amides is 1. The monoisotopic (exact) mass is 371 g/mol. The number of para-hydroxylation sites is 1. The van der Waals surface area contributed by atoms with E-state index in [2.05, 4.69) is 5.32 Å². The van der Waals surface area contributed by atoms with Crippen LogP contribution in [0.4, 0.5) is 0 Å². The van der Waals surface area contributed by atoms with Gasteiger partial charge in [0.05, 0.1) is 10.9 Å². The van der Waals surface area contributed by atoms with Gasteiger partial charge in [0.2, 0.25) is 5.91 Å². The van der Waals surface area contributed by atoms with E-state index in [1.807, 2.05) is 12.1 Å². The Balaban J connectivity index is 1.88. The van der Waals surface area contributed by atoms with Gasteiger partial charge in [-0.2, -0.15) is 0 Å². The molecule has 0 fully saturated rings. The zero-order valence-corrected chi connectivity index (χ0v) is 15.0. The second kappa shape index (κ2) is 7.58. The minimum atomic E-state index is -0.488. The van der Waals surface area contributed by atoms with Crippen LogP contribution < -0.4 is 16.6 Å². The van der Waals surface area contributed by atoms with Crippen LogP contribution in [0.5, 0.6) is 0 Å². The van der Waals surface area contributed by atoms with E-state index in [0.717, 1.165) is 10.1 Å². The molecule has 0 aliphatic rings. The topological polar surface area (TPSA) is 73.1 Å².